The highest BCUT2D eigenvalue weighted by Gasteiger charge is 2.41. The normalized spacial score (nSPS) is 20.7. The third-order valence-corrected chi connectivity index (χ3v) is 4.33. The third kappa shape index (κ3) is 3.86. The van der Waals surface area contributed by atoms with Crippen LogP contribution in [0.4, 0.5) is 13.2 Å². The van der Waals surface area contributed by atoms with Crippen molar-refractivity contribution >= 4 is 17.5 Å². The number of carbonyl (C=O) groups excluding carboxylic acids is 2. The van der Waals surface area contributed by atoms with E-state index in [0.29, 0.717) is 11.4 Å². The summed E-state index contributed by atoms with van der Waals surface area (Å²) in [6.07, 6.45) is -4.53. The molecule has 0 spiro atoms. The van der Waals surface area contributed by atoms with E-state index < -0.39 is 29.5 Å². The van der Waals surface area contributed by atoms with E-state index in [1.54, 1.807) is 20.8 Å². The van der Waals surface area contributed by atoms with Gasteiger partial charge in [-0.3, -0.25) is 9.79 Å². The summed E-state index contributed by atoms with van der Waals surface area (Å²) in [6.45, 7) is 6.31. The lowest BCUT2D eigenvalue weighted by Crippen LogP contribution is -2.34. The minimum atomic E-state index is -4.53. The Labute approximate surface area is 149 Å². The van der Waals surface area contributed by atoms with Crippen molar-refractivity contribution in [2.24, 2.45) is 10.9 Å². The molecule has 0 bridgehead atoms. The van der Waals surface area contributed by atoms with Crippen LogP contribution in [0.3, 0.4) is 0 Å². The first-order valence-electron chi connectivity index (χ1n) is 8.18. The first kappa shape index (κ1) is 19.9. The van der Waals surface area contributed by atoms with Crippen LogP contribution in [0.2, 0.25) is 0 Å². The van der Waals surface area contributed by atoms with Gasteiger partial charge >= 0.3 is 12.1 Å². The Morgan fingerprint density at radius 1 is 1.23 bits per heavy atom. The Morgan fingerprint density at radius 2 is 1.88 bits per heavy atom. The third-order valence-electron chi connectivity index (χ3n) is 4.33. The van der Waals surface area contributed by atoms with Crippen molar-refractivity contribution in [1.82, 2.24) is 0 Å². The zero-order chi connectivity index (χ0) is 19.6. The number of ether oxygens (including phenoxy) is 1. The fraction of sp³-hybridized carbons (Fsp3) is 0.421. The van der Waals surface area contributed by atoms with Gasteiger partial charge in [0.1, 0.15) is 5.78 Å². The number of Topliss-reactive ketones (excluding diaryl/α,β-unsaturated/α-hetero) is 1. The van der Waals surface area contributed by atoms with Crippen molar-refractivity contribution < 1.29 is 27.5 Å². The second-order valence-corrected chi connectivity index (χ2v) is 6.16. The fourth-order valence-corrected chi connectivity index (χ4v) is 3.31. The number of hydrogen-bond donors (Lipinski definition) is 0. The highest BCUT2D eigenvalue weighted by atomic mass is 19.4. The highest BCUT2D eigenvalue weighted by Crippen LogP contribution is 2.41. The molecule has 2 unspecified atom stereocenters. The van der Waals surface area contributed by atoms with E-state index in [4.69, 9.17) is 4.74 Å². The number of rotatable bonds is 4. The minimum Gasteiger partial charge on any atom is -0.463 e. The topological polar surface area (TPSA) is 55.7 Å². The van der Waals surface area contributed by atoms with Gasteiger partial charge < -0.3 is 4.74 Å². The number of nitrogens with zero attached hydrogens (tertiary/aromatic N) is 1. The Balaban J connectivity index is 2.68. The van der Waals surface area contributed by atoms with E-state index in [9.17, 15) is 22.8 Å². The molecule has 1 aliphatic heterocycles. The van der Waals surface area contributed by atoms with E-state index in [1.165, 1.54) is 19.1 Å². The summed E-state index contributed by atoms with van der Waals surface area (Å²) in [6, 6.07) is 4.69. The number of alkyl halides is 3. The molecule has 0 amide bonds. The Morgan fingerprint density at radius 3 is 2.42 bits per heavy atom. The average Bonchev–Trinajstić information content (AvgIpc) is 2.53. The smallest absolute Gasteiger partial charge is 0.416 e. The molecule has 0 aliphatic carbocycles. The second-order valence-electron chi connectivity index (χ2n) is 6.16. The molecular weight excluding hydrogens is 347 g/mol. The van der Waals surface area contributed by atoms with Gasteiger partial charge in [0.25, 0.3) is 0 Å². The molecular formula is C19H20F3NO3. The summed E-state index contributed by atoms with van der Waals surface area (Å²) in [5.74, 6) is -2.63. The van der Waals surface area contributed by atoms with Gasteiger partial charge in [0, 0.05) is 17.3 Å². The van der Waals surface area contributed by atoms with Crippen molar-refractivity contribution in [2.45, 2.75) is 39.8 Å². The molecule has 0 aromatic heterocycles. The summed E-state index contributed by atoms with van der Waals surface area (Å²) in [4.78, 5) is 29.0. The Bertz CT molecular complexity index is 793. The van der Waals surface area contributed by atoms with Crippen LogP contribution in [0.25, 0.3) is 0 Å². The molecule has 0 fully saturated rings. The summed E-state index contributed by atoms with van der Waals surface area (Å²) >= 11 is 0. The van der Waals surface area contributed by atoms with Gasteiger partial charge in [-0.15, -0.1) is 0 Å². The van der Waals surface area contributed by atoms with Gasteiger partial charge in [-0.05, 0) is 39.3 Å². The van der Waals surface area contributed by atoms with Crippen molar-refractivity contribution in [2.75, 3.05) is 6.61 Å². The second kappa shape index (κ2) is 7.43. The minimum absolute atomic E-state index is 0.109. The van der Waals surface area contributed by atoms with Crippen LogP contribution < -0.4 is 0 Å². The van der Waals surface area contributed by atoms with Crippen LogP contribution >= 0.6 is 0 Å². The molecule has 4 nitrogen and oxygen atoms in total. The summed E-state index contributed by atoms with van der Waals surface area (Å²) in [5.41, 5.74) is 0.332. The predicted molar refractivity (Wildman–Crippen MR) is 90.8 cm³/mol. The molecule has 1 heterocycles. The molecule has 140 valence electrons. The summed E-state index contributed by atoms with van der Waals surface area (Å²) in [5, 5.41) is 0. The first-order valence-corrected chi connectivity index (χ1v) is 8.18. The monoisotopic (exact) mass is 367 g/mol. The van der Waals surface area contributed by atoms with Gasteiger partial charge in [0.05, 0.1) is 23.7 Å². The van der Waals surface area contributed by atoms with Crippen molar-refractivity contribution in [1.29, 1.82) is 0 Å². The first-order chi connectivity index (χ1) is 12.1. The number of allylic oxidation sites excluding steroid dienone is 1. The van der Waals surface area contributed by atoms with Crippen molar-refractivity contribution in [3.05, 3.63) is 46.7 Å². The summed E-state index contributed by atoms with van der Waals surface area (Å²) in [7, 11) is 0. The molecule has 0 saturated heterocycles. The molecule has 7 heteroatoms. The molecule has 2 atom stereocenters. The summed E-state index contributed by atoms with van der Waals surface area (Å²) < 4.78 is 44.4. The number of carbonyl (C=O) groups is 2. The SMILES string of the molecule is CCOC(=O)C1=C(C)N=C(C)C(C(C)=O)C1c1cccc(C(F)(F)F)c1. The highest BCUT2D eigenvalue weighted by molar-refractivity contribution is 6.08. The Kier molecular flexibility index (Phi) is 5.68. The van der Waals surface area contributed by atoms with Gasteiger partial charge in [-0.25, -0.2) is 4.79 Å². The number of halogens is 3. The molecule has 0 saturated carbocycles. The van der Waals surface area contributed by atoms with Crippen LogP contribution in [0, 0.1) is 5.92 Å². The van der Waals surface area contributed by atoms with Crippen LogP contribution in [0.15, 0.2) is 40.5 Å². The van der Waals surface area contributed by atoms with Crippen LogP contribution in [0.1, 0.15) is 44.7 Å². The molecule has 1 aromatic carbocycles. The number of ketones is 1. The molecule has 1 aliphatic rings. The number of esters is 1. The van der Waals surface area contributed by atoms with Gasteiger partial charge in [-0.1, -0.05) is 18.2 Å². The lowest BCUT2D eigenvalue weighted by Gasteiger charge is -2.31. The molecule has 2 rings (SSSR count). The Hall–Kier alpha value is -2.44. The number of aliphatic imine (C=N–C) groups is 1. The van der Waals surface area contributed by atoms with Crippen molar-refractivity contribution in [3.63, 3.8) is 0 Å². The molecule has 1 aromatic rings. The predicted octanol–water partition coefficient (Wildman–Crippen LogP) is 4.31. The van der Waals surface area contributed by atoms with E-state index in [1.807, 2.05) is 0 Å². The zero-order valence-electron chi connectivity index (χ0n) is 15.0. The molecule has 26 heavy (non-hydrogen) atoms. The molecule has 0 radical (unpaired) electrons. The van der Waals surface area contributed by atoms with E-state index in [0.717, 1.165) is 12.1 Å². The maximum absolute atomic E-state index is 13.1. The van der Waals surface area contributed by atoms with Gasteiger partial charge in [-0.2, -0.15) is 13.2 Å². The average molecular weight is 367 g/mol. The standard InChI is InChI=1S/C19H20F3NO3/c1-5-26-18(25)16-11(3)23-10(2)15(12(4)24)17(16)13-7-6-8-14(9-13)19(20,21)22/h6-9,15,17H,5H2,1-4H3. The quantitative estimate of drug-likeness (QED) is 0.746. The van der Waals surface area contributed by atoms with Crippen LogP contribution in [-0.4, -0.2) is 24.1 Å². The maximum atomic E-state index is 13.1. The van der Waals surface area contributed by atoms with Crippen molar-refractivity contribution in [3.8, 4) is 0 Å². The number of benzene rings is 1. The molecule has 0 N–H and O–H groups in total. The largest absolute Gasteiger partial charge is 0.463 e. The van der Waals surface area contributed by atoms with E-state index in [-0.39, 0.29) is 23.5 Å². The van der Waals surface area contributed by atoms with Gasteiger partial charge in [0.2, 0.25) is 0 Å². The zero-order valence-corrected chi connectivity index (χ0v) is 15.0. The lowest BCUT2D eigenvalue weighted by molar-refractivity contribution is -0.139. The van der Waals surface area contributed by atoms with Gasteiger partial charge in [0.15, 0.2) is 0 Å². The van der Waals surface area contributed by atoms with E-state index >= 15 is 0 Å². The van der Waals surface area contributed by atoms with Crippen LogP contribution in [-0.2, 0) is 20.5 Å². The lowest BCUT2D eigenvalue weighted by atomic mass is 9.74. The van der Waals surface area contributed by atoms with Crippen LogP contribution in [0.5, 0.6) is 0 Å². The maximum Gasteiger partial charge on any atom is 0.416 e. The fourth-order valence-electron chi connectivity index (χ4n) is 3.31. The number of hydrogen-bond acceptors (Lipinski definition) is 4. The van der Waals surface area contributed by atoms with E-state index in [2.05, 4.69) is 4.99 Å².